The summed E-state index contributed by atoms with van der Waals surface area (Å²) in [6.45, 7) is 3.62. The van der Waals surface area contributed by atoms with Crippen molar-refractivity contribution >= 4 is 5.82 Å². The first kappa shape index (κ1) is 11.3. The van der Waals surface area contributed by atoms with E-state index in [9.17, 15) is 10.2 Å². The van der Waals surface area contributed by atoms with Crippen LogP contribution in [-0.2, 0) is 7.05 Å². The Labute approximate surface area is 99.1 Å². The van der Waals surface area contributed by atoms with Gasteiger partial charge in [0.05, 0.1) is 5.69 Å². The number of hydrogen-bond donors (Lipinski definition) is 3. The van der Waals surface area contributed by atoms with Gasteiger partial charge in [-0.05, 0) is 31.0 Å². The molecule has 0 aliphatic rings. The van der Waals surface area contributed by atoms with E-state index in [4.69, 9.17) is 5.73 Å². The van der Waals surface area contributed by atoms with Crippen LogP contribution in [0.5, 0.6) is 11.5 Å². The van der Waals surface area contributed by atoms with Crippen LogP contribution in [0.15, 0.2) is 12.1 Å². The average Bonchev–Trinajstić information content (AvgIpc) is 2.61. The molecule has 0 amide bonds. The van der Waals surface area contributed by atoms with Crippen molar-refractivity contribution in [1.82, 2.24) is 9.78 Å². The van der Waals surface area contributed by atoms with E-state index in [1.165, 1.54) is 6.07 Å². The molecule has 5 heteroatoms. The van der Waals surface area contributed by atoms with Crippen molar-refractivity contribution in [2.75, 3.05) is 5.73 Å². The van der Waals surface area contributed by atoms with Crippen molar-refractivity contribution in [3.05, 3.63) is 23.3 Å². The Hall–Kier alpha value is -2.17. The SMILES string of the molecule is Cc1c(-c2cc(N)n(C)n2)cc(O)c(O)c1C. The topological polar surface area (TPSA) is 84.3 Å². The second kappa shape index (κ2) is 3.69. The van der Waals surface area contributed by atoms with E-state index in [0.717, 1.165) is 11.1 Å². The van der Waals surface area contributed by atoms with E-state index in [0.29, 0.717) is 17.1 Å². The third-order valence-electron chi connectivity index (χ3n) is 3.04. The van der Waals surface area contributed by atoms with Crippen molar-refractivity contribution in [3.63, 3.8) is 0 Å². The number of rotatable bonds is 1. The van der Waals surface area contributed by atoms with Crippen LogP contribution in [0.4, 0.5) is 5.82 Å². The molecular formula is C12H15N3O2. The number of aromatic nitrogens is 2. The first-order valence-corrected chi connectivity index (χ1v) is 5.24. The van der Waals surface area contributed by atoms with Crippen LogP contribution in [0.3, 0.4) is 0 Å². The lowest BCUT2D eigenvalue weighted by Crippen LogP contribution is -1.96. The van der Waals surface area contributed by atoms with Gasteiger partial charge in [-0.1, -0.05) is 0 Å². The van der Waals surface area contributed by atoms with Gasteiger partial charge in [-0.15, -0.1) is 0 Å². The maximum absolute atomic E-state index is 9.63. The monoisotopic (exact) mass is 233 g/mol. The lowest BCUT2D eigenvalue weighted by atomic mass is 9.99. The quantitative estimate of drug-likeness (QED) is 0.654. The van der Waals surface area contributed by atoms with Crippen LogP contribution in [0.1, 0.15) is 11.1 Å². The number of nitrogens with two attached hydrogens (primary N) is 1. The van der Waals surface area contributed by atoms with Gasteiger partial charge < -0.3 is 15.9 Å². The third-order valence-corrected chi connectivity index (χ3v) is 3.04. The number of nitrogen functional groups attached to an aromatic ring is 1. The summed E-state index contributed by atoms with van der Waals surface area (Å²) in [7, 11) is 1.75. The molecule has 1 aromatic heterocycles. The molecule has 0 aliphatic heterocycles. The van der Waals surface area contributed by atoms with E-state index >= 15 is 0 Å². The normalized spacial score (nSPS) is 10.8. The highest BCUT2D eigenvalue weighted by Crippen LogP contribution is 2.37. The number of phenols is 2. The first-order valence-electron chi connectivity index (χ1n) is 5.24. The predicted molar refractivity (Wildman–Crippen MR) is 65.9 cm³/mol. The number of phenolic OH excluding ortho intramolecular Hbond substituents is 2. The summed E-state index contributed by atoms with van der Waals surface area (Å²) in [6.07, 6.45) is 0. The maximum Gasteiger partial charge on any atom is 0.160 e. The van der Waals surface area contributed by atoms with Gasteiger partial charge in [0.2, 0.25) is 0 Å². The highest BCUT2D eigenvalue weighted by atomic mass is 16.3. The van der Waals surface area contributed by atoms with E-state index in [2.05, 4.69) is 5.10 Å². The smallest absolute Gasteiger partial charge is 0.160 e. The van der Waals surface area contributed by atoms with Crippen molar-refractivity contribution in [3.8, 4) is 22.8 Å². The first-order chi connectivity index (χ1) is 7.91. The third kappa shape index (κ3) is 1.69. The second-order valence-electron chi connectivity index (χ2n) is 4.12. The van der Waals surface area contributed by atoms with Crippen molar-refractivity contribution in [2.24, 2.45) is 7.05 Å². The molecule has 0 unspecified atom stereocenters. The van der Waals surface area contributed by atoms with Crippen molar-refractivity contribution in [1.29, 1.82) is 0 Å². The van der Waals surface area contributed by atoms with Gasteiger partial charge in [-0.2, -0.15) is 5.10 Å². The van der Waals surface area contributed by atoms with Gasteiger partial charge in [-0.3, -0.25) is 4.68 Å². The minimum Gasteiger partial charge on any atom is -0.504 e. The molecule has 4 N–H and O–H groups in total. The molecule has 0 aliphatic carbocycles. The van der Waals surface area contributed by atoms with Crippen LogP contribution in [-0.4, -0.2) is 20.0 Å². The number of hydrogen-bond acceptors (Lipinski definition) is 4. The summed E-state index contributed by atoms with van der Waals surface area (Å²) in [6, 6.07) is 3.23. The maximum atomic E-state index is 9.63. The van der Waals surface area contributed by atoms with Crippen molar-refractivity contribution < 1.29 is 10.2 Å². The number of benzene rings is 1. The fourth-order valence-corrected chi connectivity index (χ4v) is 1.76. The molecule has 2 aromatic rings. The minimum atomic E-state index is -0.146. The van der Waals surface area contributed by atoms with E-state index in [1.54, 1.807) is 24.7 Å². The fraction of sp³-hybridized carbons (Fsp3) is 0.250. The molecule has 0 radical (unpaired) electrons. The summed E-state index contributed by atoms with van der Waals surface area (Å²) in [5, 5.41) is 23.5. The summed E-state index contributed by atoms with van der Waals surface area (Å²) in [5.74, 6) is 0.312. The number of anilines is 1. The fourth-order valence-electron chi connectivity index (χ4n) is 1.76. The van der Waals surface area contributed by atoms with Crippen LogP contribution in [0.2, 0.25) is 0 Å². The lowest BCUT2D eigenvalue weighted by Gasteiger charge is -2.10. The van der Waals surface area contributed by atoms with E-state index in [-0.39, 0.29) is 11.5 Å². The highest BCUT2D eigenvalue weighted by Gasteiger charge is 2.14. The molecule has 2 rings (SSSR count). The highest BCUT2D eigenvalue weighted by molar-refractivity contribution is 5.71. The van der Waals surface area contributed by atoms with Crippen molar-refractivity contribution in [2.45, 2.75) is 13.8 Å². The van der Waals surface area contributed by atoms with Crippen LogP contribution >= 0.6 is 0 Å². The Balaban J connectivity index is 2.68. The number of aryl methyl sites for hydroxylation is 1. The number of aromatic hydroxyl groups is 2. The summed E-state index contributed by atoms with van der Waals surface area (Å²) < 4.78 is 1.56. The summed E-state index contributed by atoms with van der Waals surface area (Å²) in [5.41, 5.74) is 8.69. The van der Waals surface area contributed by atoms with Crippen LogP contribution in [0, 0.1) is 13.8 Å². The van der Waals surface area contributed by atoms with Gasteiger partial charge in [0.15, 0.2) is 11.5 Å². The molecular weight excluding hydrogens is 218 g/mol. The largest absolute Gasteiger partial charge is 0.504 e. The predicted octanol–water partition coefficient (Wildman–Crippen LogP) is 1.70. The minimum absolute atomic E-state index is 0.0878. The van der Waals surface area contributed by atoms with Gasteiger partial charge >= 0.3 is 0 Å². The molecule has 0 spiro atoms. The average molecular weight is 233 g/mol. The number of nitrogens with zero attached hydrogens (tertiary/aromatic N) is 2. The van der Waals surface area contributed by atoms with Gasteiger partial charge in [-0.25, -0.2) is 0 Å². The standard InChI is InChI=1S/C12H15N3O2/c1-6-7(2)12(17)10(16)4-8(6)9-5-11(13)15(3)14-9/h4-5,16-17H,13H2,1-3H3. The molecule has 17 heavy (non-hydrogen) atoms. The molecule has 5 nitrogen and oxygen atoms in total. The molecule has 0 fully saturated rings. The Morgan fingerprint density at radius 1 is 1.18 bits per heavy atom. The summed E-state index contributed by atoms with van der Waals surface area (Å²) in [4.78, 5) is 0. The molecule has 0 saturated carbocycles. The van der Waals surface area contributed by atoms with E-state index in [1.807, 2.05) is 6.92 Å². The molecule has 0 bridgehead atoms. The van der Waals surface area contributed by atoms with E-state index < -0.39 is 0 Å². The molecule has 90 valence electrons. The van der Waals surface area contributed by atoms with Crippen LogP contribution in [0.25, 0.3) is 11.3 Å². The van der Waals surface area contributed by atoms with Gasteiger partial charge in [0.25, 0.3) is 0 Å². The zero-order valence-corrected chi connectivity index (χ0v) is 10.0. The van der Waals surface area contributed by atoms with Crippen LogP contribution < -0.4 is 5.73 Å². The molecule has 0 saturated heterocycles. The summed E-state index contributed by atoms with van der Waals surface area (Å²) >= 11 is 0. The zero-order valence-electron chi connectivity index (χ0n) is 10.0. The van der Waals surface area contributed by atoms with Gasteiger partial charge in [0, 0.05) is 18.7 Å². The molecule has 0 atom stereocenters. The Morgan fingerprint density at radius 2 is 1.82 bits per heavy atom. The Morgan fingerprint density at radius 3 is 2.35 bits per heavy atom. The lowest BCUT2D eigenvalue weighted by molar-refractivity contribution is 0.401. The zero-order chi connectivity index (χ0) is 12.7. The Kier molecular flexibility index (Phi) is 2.46. The second-order valence-corrected chi connectivity index (χ2v) is 4.12. The van der Waals surface area contributed by atoms with Gasteiger partial charge in [0.1, 0.15) is 5.82 Å². The molecule has 1 aromatic carbocycles. The Bertz CT molecular complexity index is 568. The molecule has 1 heterocycles.